The predicted molar refractivity (Wildman–Crippen MR) is 134 cm³/mol. The van der Waals surface area contributed by atoms with E-state index in [9.17, 15) is 19.6 Å². The van der Waals surface area contributed by atoms with Gasteiger partial charge in [0.05, 0.1) is 40.4 Å². The zero-order valence-electron chi connectivity index (χ0n) is 19.2. The van der Waals surface area contributed by atoms with E-state index < -0.39 is 6.09 Å². The molecule has 11 heteroatoms. The highest BCUT2D eigenvalue weighted by Gasteiger charge is 2.34. The second-order valence-corrected chi connectivity index (χ2v) is 9.99. The van der Waals surface area contributed by atoms with E-state index in [1.54, 1.807) is 28.8 Å². The fourth-order valence-corrected chi connectivity index (χ4v) is 5.82. The number of carbonyl (C=O) groups is 2. The smallest absolute Gasteiger partial charge is 0.415 e. The maximum Gasteiger partial charge on any atom is 0.415 e. The monoisotopic (exact) mass is 502 g/mol. The fourth-order valence-electron chi connectivity index (χ4n) is 5.06. The molecular weight excluding hydrogens is 480 g/mol. The van der Waals surface area contributed by atoms with Gasteiger partial charge in [0.1, 0.15) is 17.7 Å². The summed E-state index contributed by atoms with van der Waals surface area (Å²) < 4.78 is 7.28. The van der Waals surface area contributed by atoms with Gasteiger partial charge in [0.15, 0.2) is 0 Å². The van der Waals surface area contributed by atoms with E-state index in [-0.39, 0.29) is 23.6 Å². The van der Waals surface area contributed by atoms with E-state index in [0.29, 0.717) is 49.0 Å². The maximum absolute atomic E-state index is 12.5. The number of hydrogen-bond donors (Lipinski definition) is 2. The Kier molecular flexibility index (Phi) is 5.62. The number of nitrogens with one attached hydrogen (secondary N) is 2. The molecule has 1 fully saturated rings. The fraction of sp³-hybridized carbons (Fsp3) is 0.320. The Morgan fingerprint density at radius 2 is 2.03 bits per heavy atom. The van der Waals surface area contributed by atoms with Crippen molar-refractivity contribution in [1.29, 1.82) is 5.26 Å². The van der Waals surface area contributed by atoms with Crippen LogP contribution in [0.25, 0.3) is 10.9 Å². The third-order valence-electron chi connectivity index (χ3n) is 6.73. The Morgan fingerprint density at radius 1 is 1.17 bits per heavy atom. The highest BCUT2D eigenvalue weighted by atomic mass is 32.2. The molecule has 0 spiro atoms. The van der Waals surface area contributed by atoms with Gasteiger partial charge in [-0.3, -0.25) is 14.5 Å². The number of carbonyl (C=O) groups excluding carboxylic acids is 2. The number of nitriles is 1. The Balaban J connectivity index is 1.08. The molecule has 2 N–H and O–H groups in total. The Labute approximate surface area is 210 Å². The van der Waals surface area contributed by atoms with Gasteiger partial charge < -0.3 is 19.9 Å². The Bertz CT molecular complexity index is 1510. The summed E-state index contributed by atoms with van der Waals surface area (Å²) in [7, 11) is 0. The minimum Gasteiger partial charge on any atom is -0.444 e. The number of ether oxygens (including phenoxy) is 1. The molecule has 0 bridgehead atoms. The summed E-state index contributed by atoms with van der Waals surface area (Å²) in [6.45, 7) is 1.51. The lowest BCUT2D eigenvalue weighted by atomic mass is 10.00. The molecule has 3 aromatic rings. The molecule has 0 saturated carbocycles. The Hall–Kier alpha value is -3.88. The van der Waals surface area contributed by atoms with Crippen molar-refractivity contribution in [2.75, 3.05) is 29.1 Å². The number of fused-ring (bicyclic) bond motifs is 1. The van der Waals surface area contributed by atoms with Crippen LogP contribution < -0.4 is 21.1 Å². The number of nitrogens with zero attached hydrogens (tertiary/aromatic N) is 4. The number of thioether (sulfide) groups is 1. The highest BCUT2D eigenvalue weighted by molar-refractivity contribution is 8.00. The van der Waals surface area contributed by atoms with Gasteiger partial charge in [-0.1, -0.05) is 6.07 Å². The summed E-state index contributed by atoms with van der Waals surface area (Å²) in [5, 5.41) is 16.8. The first-order valence-electron chi connectivity index (χ1n) is 11.7. The van der Waals surface area contributed by atoms with Crippen LogP contribution in [-0.4, -0.2) is 46.5 Å². The second kappa shape index (κ2) is 8.96. The summed E-state index contributed by atoms with van der Waals surface area (Å²) >= 11 is 1.42. The third kappa shape index (κ3) is 3.88. The van der Waals surface area contributed by atoms with Gasteiger partial charge in [-0.05, 0) is 49.0 Å². The van der Waals surface area contributed by atoms with Gasteiger partial charge in [0.25, 0.3) is 5.56 Å². The quantitative estimate of drug-likeness (QED) is 0.492. The number of aromatic nitrogens is 2. The zero-order valence-corrected chi connectivity index (χ0v) is 20.0. The lowest BCUT2D eigenvalue weighted by molar-refractivity contribution is -0.113. The van der Waals surface area contributed by atoms with Crippen molar-refractivity contribution in [3.8, 4) is 6.07 Å². The van der Waals surface area contributed by atoms with Crippen molar-refractivity contribution in [3.63, 3.8) is 0 Å². The van der Waals surface area contributed by atoms with Crippen molar-refractivity contribution in [2.24, 2.45) is 0 Å². The van der Waals surface area contributed by atoms with Crippen molar-refractivity contribution in [1.82, 2.24) is 14.9 Å². The van der Waals surface area contributed by atoms with E-state index in [0.717, 1.165) is 27.8 Å². The van der Waals surface area contributed by atoms with Crippen LogP contribution in [0.1, 0.15) is 30.0 Å². The SMILES string of the molecule is N#Cc1ccc2ccc(=O)n3c2c1[C@H](NCCC[C@@H]1CN(c2ccc4c(n2)NC(=O)CS4)C(=O)O1)C3. The van der Waals surface area contributed by atoms with Crippen molar-refractivity contribution >= 4 is 46.3 Å². The molecule has 6 rings (SSSR count). The molecule has 3 aliphatic heterocycles. The van der Waals surface area contributed by atoms with Crippen LogP contribution in [0, 0.1) is 11.3 Å². The molecular formula is C25H22N6O4S. The largest absolute Gasteiger partial charge is 0.444 e. The summed E-state index contributed by atoms with van der Waals surface area (Å²) in [4.78, 5) is 43.4. The number of pyridine rings is 2. The first kappa shape index (κ1) is 22.6. The molecule has 0 unspecified atom stereocenters. The van der Waals surface area contributed by atoms with Gasteiger partial charge >= 0.3 is 6.09 Å². The lowest BCUT2D eigenvalue weighted by Gasteiger charge is -2.18. The molecule has 2 atom stereocenters. The molecule has 2 amide bonds. The van der Waals surface area contributed by atoms with Crippen molar-refractivity contribution in [3.05, 3.63) is 57.9 Å². The van der Waals surface area contributed by atoms with Gasteiger partial charge in [-0.2, -0.15) is 5.26 Å². The first-order chi connectivity index (χ1) is 17.5. The average molecular weight is 503 g/mol. The summed E-state index contributed by atoms with van der Waals surface area (Å²) in [6, 6.07) is 12.8. The molecule has 0 aliphatic carbocycles. The number of cyclic esters (lactones) is 1. The zero-order chi connectivity index (χ0) is 24.8. The van der Waals surface area contributed by atoms with Gasteiger partial charge in [-0.15, -0.1) is 11.8 Å². The van der Waals surface area contributed by atoms with Crippen molar-refractivity contribution in [2.45, 2.75) is 36.4 Å². The number of amides is 2. The molecule has 1 aromatic carbocycles. The van der Waals surface area contributed by atoms with Crippen LogP contribution in [-0.2, 0) is 16.1 Å². The summed E-state index contributed by atoms with van der Waals surface area (Å²) in [6.07, 6.45) is 0.672. The Morgan fingerprint density at radius 3 is 2.89 bits per heavy atom. The molecule has 0 radical (unpaired) electrons. The van der Waals surface area contributed by atoms with Crippen LogP contribution >= 0.6 is 11.8 Å². The molecule has 182 valence electrons. The number of rotatable bonds is 6. The molecule has 10 nitrogen and oxygen atoms in total. The minimum atomic E-state index is -0.453. The van der Waals surface area contributed by atoms with Crippen LogP contribution in [0.4, 0.5) is 16.4 Å². The van der Waals surface area contributed by atoms with E-state index in [1.165, 1.54) is 16.7 Å². The number of anilines is 2. The van der Waals surface area contributed by atoms with Gasteiger partial charge in [0.2, 0.25) is 5.91 Å². The molecule has 36 heavy (non-hydrogen) atoms. The normalized spacial score (nSPS) is 20.2. The molecule has 2 aromatic heterocycles. The summed E-state index contributed by atoms with van der Waals surface area (Å²) in [5.41, 5.74) is 2.20. The number of benzene rings is 1. The molecule has 1 saturated heterocycles. The van der Waals surface area contributed by atoms with Crippen molar-refractivity contribution < 1.29 is 14.3 Å². The average Bonchev–Trinajstić information content (AvgIpc) is 3.45. The third-order valence-corrected chi connectivity index (χ3v) is 7.78. The lowest BCUT2D eigenvalue weighted by Crippen LogP contribution is -2.28. The van der Waals surface area contributed by atoms with E-state index in [4.69, 9.17) is 4.74 Å². The van der Waals surface area contributed by atoms with Gasteiger partial charge in [0, 0.05) is 18.2 Å². The van der Waals surface area contributed by atoms with E-state index in [1.807, 2.05) is 12.1 Å². The summed E-state index contributed by atoms with van der Waals surface area (Å²) in [5.74, 6) is 1.16. The first-order valence-corrected chi connectivity index (χ1v) is 12.7. The maximum atomic E-state index is 12.5. The topological polar surface area (TPSA) is 129 Å². The molecule has 3 aliphatic rings. The van der Waals surface area contributed by atoms with Gasteiger partial charge in [-0.25, -0.2) is 9.78 Å². The van der Waals surface area contributed by atoms with E-state index in [2.05, 4.69) is 21.7 Å². The minimum absolute atomic E-state index is 0.0740. The van der Waals surface area contributed by atoms with Crippen LogP contribution in [0.2, 0.25) is 0 Å². The second-order valence-electron chi connectivity index (χ2n) is 8.98. The van der Waals surface area contributed by atoms with Crippen LogP contribution in [0.15, 0.2) is 46.1 Å². The predicted octanol–water partition coefficient (Wildman–Crippen LogP) is 2.76. The highest BCUT2D eigenvalue weighted by Crippen LogP contribution is 2.34. The van der Waals surface area contributed by atoms with Crippen LogP contribution in [0.3, 0.4) is 0 Å². The molecule has 5 heterocycles. The number of hydrogen-bond acceptors (Lipinski definition) is 8. The van der Waals surface area contributed by atoms with E-state index >= 15 is 0 Å². The standard InChI is InChI=1S/C25H22N6O4S/c26-10-15-4-3-14-5-8-21(33)31-12-17(22(15)23(14)31)27-9-1-2-16-11-30(25(34)35-16)19-7-6-18-24(28-19)29-20(32)13-36-18/h3-8,16-17,27H,1-2,9,11-13H2,(H,28,29,32)/t16-,17-/m1/s1. The van der Waals surface area contributed by atoms with Crippen LogP contribution in [0.5, 0.6) is 0 Å².